The minimum Gasteiger partial charge on any atom is -0.480 e. The van der Waals surface area contributed by atoms with Gasteiger partial charge in [-0.2, -0.15) is 0 Å². The van der Waals surface area contributed by atoms with Gasteiger partial charge in [0.15, 0.2) is 0 Å². The lowest BCUT2D eigenvalue weighted by atomic mass is 10.1. The summed E-state index contributed by atoms with van der Waals surface area (Å²) in [5, 5.41) is 21.6. The first kappa shape index (κ1) is 21.6. The Balaban J connectivity index is 3.08. The van der Waals surface area contributed by atoms with Crippen molar-refractivity contribution in [3.05, 3.63) is 33.9 Å². The molecule has 0 fully saturated rings. The van der Waals surface area contributed by atoms with E-state index in [4.69, 9.17) is 14.5 Å². The summed E-state index contributed by atoms with van der Waals surface area (Å²) in [7, 11) is -4.88. The van der Waals surface area contributed by atoms with Crippen LogP contribution in [-0.4, -0.2) is 43.5 Å². The van der Waals surface area contributed by atoms with Crippen molar-refractivity contribution in [1.29, 1.82) is 0 Å². The molecular formula is C14H19N2O9P. The van der Waals surface area contributed by atoms with Crippen molar-refractivity contribution in [3.8, 4) is 0 Å². The highest BCUT2D eigenvalue weighted by atomic mass is 31.2. The first-order valence-corrected chi connectivity index (χ1v) is 8.87. The van der Waals surface area contributed by atoms with Crippen LogP contribution in [0.3, 0.4) is 0 Å². The van der Waals surface area contributed by atoms with Crippen LogP contribution in [0, 0.1) is 10.1 Å². The quantitative estimate of drug-likeness (QED) is 0.312. The van der Waals surface area contributed by atoms with Crippen LogP contribution in [0.25, 0.3) is 0 Å². The molecule has 0 aliphatic rings. The zero-order valence-electron chi connectivity index (χ0n) is 14.2. The molecule has 11 nitrogen and oxygen atoms in total. The second-order valence-corrected chi connectivity index (χ2v) is 7.94. The molecule has 0 aromatic heterocycles. The molecule has 0 radical (unpaired) electrons. The average molecular weight is 390 g/mol. The van der Waals surface area contributed by atoms with E-state index in [1.54, 1.807) is 20.8 Å². The van der Waals surface area contributed by atoms with Gasteiger partial charge in [-0.1, -0.05) is 6.07 Å². The fraction of sp³-hybridized carbons (Fsp3) is 0.429. The fourth-order valence-electron chi connectivity index (χ4n) is 1.97. The molecule has 0 saturated carbocycles. The topological polar surface area (TPSA) is 176 Å². The number of amides is 1. The van der Waals surface area contributed by atoms with E-state index < -0.39 is 47.2 Å². The van der Waals surface area contributed by atoms with Crippen LogP contribution in [0.15, 0.2) is 18.2 Å². The Labute approximate surface area is 148 Å². The molecule has 144 valence electrons. The van der Waals surface area contributed by atoms with Gasteiger partial charge in [0.2, 0.25) is 0 Å². The molecule has 1 atom stereocenters. The predicted octanol–water partition coefficient (Wildman–Crippen LogP) is 0.918. The summed E-state index contributed by atoms with van der Waals surface area (Å²) in [6, 6.07) is 1.42. The van der Waals surface area contributed by atoms with E-state index in [0.29, 0.717) is 0 Å². The van der Waals surface area contributed by atoms with Crippen molar-refractivity contribution in [1.82, 2.24) is 5.32 Å². The van der Waals surface area contributed by atoms with Gasteiger partial charge in [-0.15, -0.1) is 0 Å². The molecule has 0 saturated heterocycles. The van der Waals surface area contributed by atoms with Gasteiger partial charge in [0, 0.05) is 12.5 Å². The summed E-state index contributed by atoms with van der Waals surface area (Å²) in [4.78, 5) is 51.4. The smallest absolute Gasteiger partial charge is 0.408 e. The number of carboxylic acids is 1. The van der Waals surface area contributed by atoms with Crippen molar-refractivity contribution in [2.45, 2.75) is 38.8 Å². The van der Waals surface area contributed by atoms with Gasteiger partial charge in [0.1, 0.15) is 16.9 Å². The summed E-state index contributed by atoms with van der Waals surface area (Å²) in [6.45, 7) is 4.77. The molecule has 0 aliphatic carbocycles. The number of carboxylic acid groups (broad SMARTS) is 1. The van der Waals surface area contributed by atoms with Gasteiger partial charge in [-0.05, 0) is 32.4 Å². The van der Waals surface area contributed by atoms with Crippen LogP contribution in [0.5, 0.6) is 0 Å². The highest BCUT2D eigenvalue weighted by molar-refractivity contribution is 7.60. The number of hydrogen-bond acceptors (Lipinski definition) is 6. The number of hydrogen-bond donors (Lipinski definition) is 4. The lowest BCUT2D eigenvalue weighted by Crippen LogP contribution is -2.44. The standard InChI is InChI=1S/C14H19N2O9P/c1-14(2,3)25-13(19)15-9(12(17)18)6-8-4-5-11(26(22,23)24)10(7-8)16(20)21/h4-5,7,9H,6H2,1-3H3,(H,15,19)(H,17,18)(H2,22,23,24). The average Bonchev–Trinajstić information content (AvgIpc) is 2.43. The molecule has 1 unspecified atom stereocenters. The molecule has 0 bridgehead atoms. The van der Waals surface area contributed by atoms with E-state index in [0.717, 1.165) is 18.2 Å². The Morgan fingerprint density at radius 2 is 1.92 bits per heavy atom. The van der Waals surface area contributed by atoms with Crippen molar-refractivity contribution in [2.75, 3.05) is 0 Å². The van der Waals surface area contributed by atoms with Crippen molar-refractivity contribution < 1.29 is 38.7 Å². The Morgan fingerprint density at radius 1 is 1.35 bits per heavy atom. The minimum absolute atomic E-state index is 0.0948. The largest absolute Gasteiger partial charge is 0.480 e. The van der Waals surface area contributed by atoms with Crippen molar-refractivity contribution in [2.24, 2.45) is 0 Å². The van der Waals surface area contributed by atoms with Crippen LogP contribution < -0.4 is 10.6 Å². The van der Waals surface area contributed by atoms with Gasteiger partial charge < -0.3 is 24.9 Å². The van der Waals surface area contributed by atoms with Gasteiger partial charge in [0.25, 0.3) is 5.69 Å². The number of nitrogens with zero attached hydrogens (tertiary/aromatic N) is 1. The van der Waals surface area contributed by atoms with E-state index in [-0.39, 0.29) is 12.0 Å². The minimum atomic E-state index is -4.88. The summed E-state index contributed by atoms with van der Waals surface area (Å²) in [6.07, 6.45) is -1.33. The lowest BCUT2D eigenvalue weighted by molar-refractivity contribution is -0.383. The summed E-state index contributed by atoms with van der Waals surface area (Å²) < 4.78 is 16.3. The zero-order chi connectivity index (χ0) is 20.3. The van der Waals surface area contributed by atoms with Gasteiger partial charge in [0.05, 0.1) is 4.92 Å². The molecule has 26 heavy (non-hydrogen) atoms. The maximum Gasteiger partial charge on any atom is 0.408 e. The SMILES string of the molecule is CC(C)(C)OC(=O)NC(Cc1ccc(P(=O)(O)O)c([N+](=O)[O-])c1)C(=O)O. The molecule has 0 heterocycles. The van der Waals surface area contributed by atoms with Crippen LogP contribution >= 0.6 is 7.60 Å². The number of carbonyl (C=O) groups excluding carboxylic acids is 1. The monoisotopic (exact) mass is 390 g/mol. The van der Waals surface area contributed by atoms with Crippen LogP contribution in [0.1, 0.15) is 26.3 Å². The normalized spacial score (nSPS) is 13.0. The predicted molar refractivity (Wildman–Crippen MR) is 89.3 cm³/mol. The van der Waals surface area contributed by atoms with Crippen LogP contribution in [0.4, 0.5) is 10.5 Å². The van der Waals surface area contributed by atoms with E-state index in [1.165, 1.54) is 0 Å². The van der Waals surface area contributed by atoms with Crippen LogP contribution in [0.2, 0.25) is 0 Å². The molecule has 0 aliphatic heterocycles. The van der Waals surface area contributed by atoms with Crippen LogP contribution in [-0.2, 0) is 20.5 Å². The van der Waals surface area contributed by atoms with E-state index in [2.05, 4.69) is 5.32 Å². The number of ether oxygens (including phenoxy) is 1. The van der Waals surface area contributed by atoms with Gasteiger partial charge >= 0.3 is 19.7 Å². The molecule has 0 spiro atoms. The number of benzene rings is 1. The van der Waals surface area contributed by atoms with Crippen molar-refractivity contribution in [3.63, 3.8) is 0 Å². The summed E-state index contributed by atoms with van der Waals surface area (Å²) >= 11 is 0. The fourth-order valence-corrected chi connectivity index (χ4v) is 2.69. The Bertz CT molecular complexity index is 766. The Kier molecular flexibility index (Phi) is 6.48. The Morgan fingerprint density at radius 3 is 2.35 bits per heavy atom. The third kappa shape index (κ3) is 6.43. The highest BCUT2D eigenvalue weighted by Gasteiger charge is 2.30. The molecule has 12 heteroatoms. The van der Waals surface area contributed by atoms with E-state index in [1.807, 2.05) is 0 Å². The second kappa shape index (κ2) is 7.81. The van der Waals surface area contributed by atoms with Crippen molar-refractivity contribution >= 4 is 30.7 Å². The summed E-state index contributed by atoms with van der Waals surface area (Å²) in [5.74, 6) is -1.41. The first-order valence-electron chi connectivity index (χ1n) is 7.26. The molecule has 1 aromatic rings. The number of nitro benzene ring substituents is 1. The maximum atomic E-state index is 11.7. The van der Waals surface area contributed by atoms with Gasteiger partial charge in [-0.3, -0.25) is 14.7 Å². The molecule has 1 aromatic carbocycles. The third-order valence-corrected chi connectivity index (χ3v) is 3.99. The number of aliphatic carboxylic acids is 1. The number of rotatable bonds is 6. The molecule has 4 N–H and O–H groups in total. The zero-order valence-corrected chi connectivity index (χ0v) is 15.1. The molecular weight excluding hydrogens is 371 g/mol. The summed E-state index contributed by atoms with van der Waals surface area (Å²) in [5.41, 5.74) is -1.59. The first-order chi connectivity index (χ1) is 11.7. The highest BCUT2D eigenvalue weighted by Crippen LogP contribution is 2.37. The lowest BCUT2D eigenvalue weighted by Gasteiger charge is -2.22. The van der Waals surface area contributed by atoms with E-state index in [9.17, 15) is 29.4 Å². The number of carbonyl (C=O) groups is 2. The third-order valence-electron chi connectivity index (χ3n) is 2.98. The number of nitro groups is 1. The number of alkyl carbamates (subject to hydrolysis) is 1. The molecule has 1 amide bonds. The Hall–Kier alpha value is -2.49. The number of nitrogens with one attached hydrogen (secondary N) is 1. The molecule has 1 rings (SSSR count). The van der Waals surface area contributed by atoms with E-state index >= 15 is 0 Å². The second-order valence-electron chi connectivity index (χ2n) is 6.37. The maximum absolute atomic E-state index is 11.7. The van der Waals surface area contributed by atoms with Gasteiger partial charge in [-0.25, -0.2) is 9.59 Å².